The zero-order chi connectivity index (χ0) is 19.9. The standard InChI is InChI=1S/C17H18F3N3O3S/c1-2-7-27-10-21-15-13(8-14(24)23-15)16(25)22-11-3-5-12(6-4-11)26-9-17(18,19)20/h3-6,10H,2,7-9H2,1H3,(H,22,25)(H,23,24). The van der Waals surface area contributed by atoms with E-state index in [-0.39, 0.29) is 29.5 Å². The van der Waals surface area contributed by atoms with Gasteiger partial charge in [-0.2, -0.15) is 13.2 Å². The van der Waals surface area contributed by atoms with Gasteiger partial charge in [0.2, 0.25) is 5.91 Å². The highest BCUT2D eigenvalue weighted by atomic mass is 32.2. The lowest BCUT2D eigenvalue weighted by molar-refractivity contribution is -0.153. The van der Waals surface area contributed by atoms with E-state index in [0.29, 0.717) is 5.69 Å². The zero-order valence-electron chi connectivity index (χ0n) is 14.4. The van der Waals surface area contributed by atoms with Crippen LogP contribution < -0.4 is 15.4 Å². The fraction of sp³-hybridized carbons (Fsp3) is 0.353. The van der Waals surface area contributed by atoms with Crippen LogP contribution in [0.4, 0.5) is 18.9 Å². The van der Waals surface area contributed by atoms with E-state index in [4.69, 9.17) is 0 Å². The van der Waals surface area contributed by atoms with Crippen LogP contribution >= 0.6 is 11.8 Å². The highest BCUT2D eigenvalue weighted by Crippen LogP contribution is 2.22. The molecule has 1 aromatic carbocycles. The lowest BCUT2D eigenvalue weighted by atomic mass is 10.2. The molecule has 2 rings (SSSR count). The largest absolute Gasteiger partial charge is 0.484 e. The van der Waals surface area contributed by atoms with Gasteiger partial charge >= 0.3 is 6.18 Å². The number of anilines is 1. The highest BCUT2D eigenvalue weighted by molar-refractivity contribution is 8.12. The Morgan fingerprint density at radius 1 is 1.37 bits per heavy atom. The van der Waals surface area contributed by atoms with E-state index >= 15 is 0 Å². The highest BCUT2D eigenvalue weighted by Gasteiger charge is 2.28. The third-order valence-corrected chi connectivity index (χ3v) is 4.15. The smallest absolute Gasteiger partial charge is 0.422 e. The maximum atomic E-state index is 12.4. The van der Waals surface area contributed by atoms with Gasteiger partial charge in [-0.05, 0) is 36.4 Å². The van der Waals surface area contributed by atoms with Crippen LogP contribution in [-0.4, -0.2) is 35.9 Å². The summed E-state index contributed by atoms with van der Waals surface area (Å²) in [6.07, 6.45) is -3.55. The molecule has 6 nitrogen and oxygen atoms in total. The molecular formula is C17H18F3N3O3S. The predicted molar refractivity (Wildman–Crippen MR) is 97.6 cm³/mol. The summed E-state index contributed by atoms with van der Waals surface area (Å²) in [5.74, 6) is 0.259. The van der Waals surface area contributed by atoms with Crippen LogP contribution in [0.1, 0.15) is 19.8 Å². The zero-order valence-corrected chi connectivity index (χ0v) is 15.2. The van der Waals surface area contributed by atoms with E-state index < -0.39 is 18.7 Å². The van der Waals surface area contributed by atoms with Gasteiger partial charge < -0.3 is 15.4 Å². The van der Waals surface area contributed by atoms with Crippen LogP contribution in [0.5, 0.6) is 5.75 Å². The van der Waals surface area contributed by atoms with Gasteiger partial charge in [0.25, 0.3) is 5.91 Å². The Kier molecular flexibility index (Phi) is 7.28. The Labute approximate surface area is 158 Å². The van der Waals surface area contributed by atoms with Crippen molar-refractivity contribution in [3.8, 4) is 5.75 Å². The van der Waals surface area contributed by atoms with Gasteiger partial charge in [0, 0.05) is 5.69 Å². The maximum absolute atomic E-state index is 12.4. The van der Waals surface area contributed by atoms with Crippen molar-refractivity contribution >= 4 is 34.8 Å². The average molecular weight is 401 g/mol. The minimum absolute atomic E-state index is 0.0282. The van der Waals surface area contributed by atoms with Crippen molar-refractivity contribution in [2.75, 3.05) is 17.7 Å². The van der Waals surface area contributed by atoms with E-state index in [1.54, 1.807) is 5.55 Å². The van der Waals surface area contributed by atoms with Gasteiger partial charge in [-0.1, -0.05) is 6.92 Å². The minimum atomic E-state index is -4.42. The number of amides is 2. The third-order valence-electron chi connectivity index (χ3n) is 3.25. The lowest BCUT2D eigenvalue weighted by Crippen LogP contribution is -2.19. The van der Waals surface area contributed by atoms with E-state index in [1.807, 2.05) is 6.92 Å². The molecule has 27 heavy (non-hydrogen) atoms. The molecule has 0 radical (unpaired) electrons. The topological polar surface area (TPSA) is 79.8 Å². The Morgan fingerprint density at radius 3 is 2.70 bits per heavy atom. The molecule has 0 saturated heterocycles. The summed E-state index contributed by atoms with van der Waals surface area (Å²) in [6, 6.07) is 5.45. The van der Waals surface area contributed by atoms with Crippen molar-refractivity contribution < 1.29 is 27.5 Å². The van der Waals surface area contributed by atoms with E-state index in [9.17, 15) is 22.8 Å². The number of carbonyl (C=O) groups excluding carboxylic acids is 2. The molecule has 0 atom stereocenters. The lowest BCUT2D eigenvalue weighted by Gasteiger charge is -2.10. The van der Waals surface area contributed by atoms with Crippen LogP contribution in [0.15, 0.2) is 40.7 Å². The van der Waals surface area contributed by atoms with Crippen molar-refractivity contribution in [2.45, 2.75) is 25.9 Å². The average Bonchev–Trinajstić information content (AvgIpc) is 2.98. The van der Waals surface area contributed by atoms with Crippen LogP contribution in [0.3, 0.4) is 0 Å². The number of nitrogens with one attached hydrogen (secondary N) is 2. The van der Waals surface area contributed by atoms with Gasteiger partial charge in [-0.3, -0.25) is 9.59 Å². The van der Waals surface area contributed by atoms with Crippen LogP contribution in [0.25, 0.3) is 0 Å². The first-order valence-corrected chi connectivity index (χ1v) is 9.11. The first kappa shape index (κ1) is 20.8. The summed E-state index contributed by atoms with van der Waals surface area (Å²) in [5, 5.41) is 5.12. The van der Waals surface area contributed by atoms with Gasteiger partial charge in [0.1, 0.15) is 11.6 Å². The Balaban J connectivity index is 2.00. The fourth-order valence-corrected chi connectivity index (χ4v) is 2.58. The number of hydrogen-bond donors (Lipinski definition) is 2. The van der Waals surface area contributed by atoms with Crippen LogP contribution in [0.2, 0.25) is 0 Å². The molecule has 1 aliphatic heterocycles. The molecule has 0 saturated carbocycles. The van der Waals surface area contributed by atoms with Gasteiger partial charge in [-0.25, -0.2) is 4.99 Å². The second kappa shape index (κ2) is 9.45. The van der Waals surface area contributed by atoms with Crippen molar-refractivity contribution in [2.24, 2.45) is 4.99 Å². The monoisotopic (exact) mass is 401 g/mol. The summed E-state index contributed by atoms with van der Waals surface area (Å²) in [7, 11) is 0. The Morgan fingerprint density at radius 2 is 2.07 bits per heavy atom. The SMILES string of the molecule is CCCSC=NC1=C(C(=O)Nc2ccc(OCC(F)(F)F)cc2)CC(=O)N1. The van der Waals surface area contributed by atoms with E-state index in [2.05, 4.69) is 20.4 Å². The molecule has 1 heterocycles. The second-order valence-electron chi connectivity index (χ2n) is 5.54. The Bertz CT molecular complexity index is 746. The van der Waals surface area contributed by atoms with Crippen molar-refractivity contribution in [3.63, 3.8) is 0 Å². The number of nitrogens with zero attached hydrogens (tertiary/aromatic N) is 1. The maximum Gasteiger partial charge on any atom is 0.422 e. The number of alkyl halides is 3. The second-order valence-corrected chi connectivity index (χ2v) is 6.49. The molecule has 2 amide bonds. The molecule has 10 heteroatoms. The van der Waals surface area contributed by atoms with Gasteiger partial charge in [-0.15, -0.1) is 11.8 Å². The first-order valence-electron chi connectivity index (χ1n) is 8.06. The molecule has 0 spiro atoms. The fourth-order valence-electron chi connectivity index (χ4n) is 2.06. The quantitative estimate of drug-likeness (QED) is 0.397. The molecule has 1 aliphatic rings. The number of ether oxygens (including phenoxy) is 1. The molecule has 146 valence electrons. The third kappa shape index (κ3) is 6.97. The number of rotatable bonds is 8. The molecule has 0 aliphatic carbocycles. The summed E-state index contributed by atoms with van der Waals surface area (Å²) >= 11 is 1.46. The first-order chi connectivity index (χ1) is 12.8. The number of halogens is 3. The summed E-state index contributed by atoms with van der Waals surface area (Å²) in [4.78, 5) is 28.1. The molecule has 0 bridgehead atoms. The summed E-state index contributed by atoms with van der Waals surface area (Å²) in [6.45, 7) is 0.631. The van der Waals surface area contributed by atoms with Gasteiger partial charge in [0.05, 0.1) is 17.5 Å². The molecular weight excluding hydrogens is 383 g/mol. The number of benzene rings is 1. The number of aliphatic imine (C=N–C) groups is 1. The van der Waals surface area contributed by atoms with Crippen LogP contribution in [0, 0.1) is 0 Å². The Hall–Kier alpha value is -2.49. The minimum Gasteiger partial charge on any atom is -0.484 e. The molecule has 2 N–H and O–H groups in total. The number of hydrogen-bond acceptors (Lipinski definition) is 5. The normalized spacial score (nSPS) is 14.6. The number of carbonyl (C=O) groups is 2. The molecule has 0 unspecified atom stereocenters. The van der Waals surface area contributed by atoms with E-state index in [1.165, 1.54) is 36.0 Å². The van der Waals surface area contributed by atoms with Gasteiger partial charge in [0.15, 0.2) is 6.61 Å². The van der Waals surface area contributed by atoms with Crippen LogP contribution in [-0.2, 0) is 9.59 Å². The van der Waals surface area contributed by atoms with Crippen molar-refractivity contribution in [1.82, 2.24) is 5.32 Å². The molecule has 0 aromatic heterocycles. The van der Waals surface area contributed by atoms with Crippen molar-refractivity contribution in [3.05, 3.63) is 35.7 Å². The van der Waals surface area contributed by atoms with Crippen molar-refractivity contribution in [1.29, 1.82) is 0 Å². The van der Waals surface area contributed by atoms with E-state index in [0.717, 1.165) is 12.2 Å². The molecule has 1 aromatic rings. The summed E-state index contributed by atoms with van der Waals surface area (Å²) < 4.78 is 41.0. The summed E-state index contributed by atoms with van der Waals surface area (Å²) in [5.41, 5.74) is 2.13. The molecule has 0 fully saturated rings. The number of thioether (sulfide) groups is 1. The predicted octanol–water partition coefficient (Wildman–Crippen LogP) is 3.47.